The van der Waals surface area contributed by atoms with Gasteiger partial charge in [-0.3, -0.25) is 9.59 Å². The molecule has 0 bridgehead atoms. The van der Waals surface area contributed by atoms with Crippen LogP contribution >= 0.6 is 0 Å². The number of nitrogens with zero attached hydrogens (tertiary/aromatic N) is 1. The van der Waals surface area contributed by atoms with Crippen molar-refractivity contribution in [2.75, 3.05) is 10.6 Å². The van der Waals surface area contributed by atoms with Gasteiger partial charge >= 0.3 is 0 Å². The first-order valence-corrected chi connectivity index (χ1v) is 8.62. The van der Waals surface area contributed by atoms with Gasteiger partial charge in [-0.1, -0.05) is 24.3 Å². The number of aryl methyl sites for hydroxylation is 2. The molecule has 0 fully saturated rings. The fourth-order valence-electron chi connectivity index (χ4n) is 2.76. The number of hydrogen-bond acceptors (Lipinski definition) is 4. The van der Waals surface area contributed by atoms with E-state index in [-0.39, 0.29) is 18.2 Å². The van der Waals surface area contributed by atoms with Crippen LogP contribution in [0.2, 0.25) is 0 Å². The summed E-state index contributed by atoms with van der Waals surface area (Å²) in [6.45, 7) is 5.22. The van der Waals surface area contributed by atoms with E-state index in [9.17, 15) is 9.59 Å². The van der Waals surface area contributed by atoms with Crippen LogP contribution in [-0.2, 0) is 16.0 Å². The number of hydrogen-bond donors (Lipinski definition) is 2. The molecule has 138 valence electrons. The Morgan fingerprint density at radius 1 is 1.00 bits per heavy atom. The zero-order valence-corrected chi connectivity index (χ0v) is 15.5. The van der Waals surface area contributed by atoms with Gasteiger partial charge in [0, 0.05) is 23.9 Å². The van der Waals surface area contributed by atoms with Gasteiger partial charge in [-0.2, -0.15) is 0 Å². The van der Waals surface area contributed by atoms with Crippen LogP contribution in [-0.4, -0.2) is 16.8 Å². The van der Waals surface area contributed by atoms with E-state index in [4.69, 9.17) is 4.42 Å². The molecule has 3 aromatic rings. The molecule has 6 nitrogen and oxygen atoms in total. The first-order chi connectivity index (χ1) is 12.9. The lowest BCUT2D eigenvalue weighted by Crippen LogP contribution is -2.15. The van der Waals surface area contributed by atoms with Gasteiger partial charge in [0.15, 0.2) is 0 Å². The number of oxazole rings is 1. The third kappa shape index (κ3) is 4.61. The average molecular weight is 363 g/mol. The maximum Gasteiger partial charge on any atom is 0.230 e. The minimum absolute atomic E-state index is 0.103. The molecule has 0 aliphatic rings. The molecule has 2 aromatic carbocycles. The molecular weight excluding hydrogens is 342 g/mol. The number of rotatable bonds is 5. The topological polar surface area (TPSA) is 84.2 Å². The molecule has 2 N–H and O–H groups in total. The first kappa shape index (κ1) is 18.4. The molecule has 0 unspecified atom stereocenters. The van der Waals surface area contributed by atoms with Crippen molar-refractivity contribution in [1.82, 2.24) is 4.98 Å². The number of carbonyl (C=O) groups is 2. The van der Waals surface area contributed by atoms with Gasteiger partial charge in [-0.05, 0) is 43.7 Å². The summed E-state index contributed by atoms with van der Waals surface area (Å²) in [5.41, 5.74) is 3.80. The number of aromatic nitrogens is 1. The fourth-order valence-corrected chi connectivity index (χ4v) is 2.76. The summed E-state index contributed by atoms with van der Waals surface area (Å²) in [5.74, 6) is 0.764. The van der Waals surface area contributed by atoms with E-state index in [1.807, 2.05) is 31.2 Å². The lowest BCUT2D eigenvalue weighted by atomic mass is 10.1. The Balaban J connectivity index is 1.72. The highest BCUT2D eigenvalue weighted by molar-refractivity contribution is 5.94. The third-order valence-corrected chi connectivity index (χ3v) is 4.06. The van der Waals surface area contributed by atoms with Crippen LogP contribution in [0.1, 0.15) is 23.9 Å². The monoisotopic (exact) mass is 363 g/mol. The van der Waals surface area contributed by atoms with E-state index in [1.165, 1.54) is 6.92 Å². The van der Waals surface area contributed by atoms with Crippen molar-refractivity contribution in [2.24, 2.45) is 0 Å². The summed E-state index contributed by atoms with van der Waals surface area (Å²) in [4.78, 5) is 28.0. The molecule has 1 heterocycles. The highest BCUT2D eigenvalue weighted by Crippen LogP contribution is 2.25. The largest absolute Gasteiger partial charge is 0.441 e. The smallest absolute Gasteiger partial charge is 0.230 e. The minimum Gasteiger partial charge on any atom is -0.441 e. The highest BCUT2D eigenvalue weighted by atomic mass is 16.4. The number of anilines is 2. The van der Waals surface area contributed by atoms with Crippen LogP contribution in [0.15, 0.2) is 52.9 Å². The molecule has 0 saturated carbocycles. The summed E-state index contributed by atoms with van der Waals surface area (Å²) >= 11 is 0. The Labute approximate surface area is 157 Å². The SMILES string of the molecule is CC(=O)Nc1cccc(NC(=O)Cc2nc(-c3ccccc3C)oc2C)c1. The van der Waals surface area contributed by atoms with E-state index in [0.717, 1.165) is 11.1 Å². The lowest BCUT2D eigenvalue weighted by molar-refractivity contribution is -0.116. The number of nitrogens with one attached hydrogen (secondary N) is 2. The van der Waals surface area contributed by atoms with Crippen molar-refractivity contribution in [3.63, 3.8) is 0 Å². The van der Waals surface area contributed by atoms with Crippen molar-refractivity contribution in [3.05, 3.63) is 65.5 Å². The van der Waals surface area contributed by atoms with Crippen LogP contribution < -0.4 is 10.6 Å². The van der Waals surface area contributed by atoms with Gasteiger partial charge in [0.2, 0.25) is 17.7 Å². The zero-order chi connectivity index (χ0) is 19.4. The molecule has 0 aliphatic heterocycles. The molecule has 0 aliphatic carbocycles. The molecule has 1 aromatic heterocycles. The van der Waals surface area contributed by atoms with Crippen molar-refractivity contribution >= 4 is 23.2 Å². The quantitative estimate of drug-likeness (QED) is 0.715. The van der Waals surface area contributed by atoms with E-state index in [2.05, 4.69) is 15.6 Å². The van der Waals surface area contributed by atoms with Gasteiger partial charge in [-0.15, -0.1) is 0 Å². The van der Waals surface area contributed by atoms with Crippen LogP contribution in [0.3, 0.4) is 0 Å². The van der Waals surface area contributed by atoms with Gasteiger partial charge in [0.05, 0.1) is 12.1 Å². The van der Waals surface area contributed by atoms with E-state index in [0.29, 0.717) is 28.7 Å². The van der Waals surface area contributed by atoms with E-state index >= 15 is 0 Å². The van der Waals surface area contributed by atoms with Crippen molar-refractivity contribution < 1.29 is 14.0 Å². The average Bonchev–Trinajstić information content (AvgIpc) is 2.95. The maximum absolute atomic E-state index is 12.4. The van der Waals surface area contributed by atoms with Crippen LogP contribution in [0.25, 0.3) is 11.5 Å². The third-order valence-electron chi connectivity index (χ3n) is 4.06. The normalized spacial score (nSPS) is 10.5. The van der Waals surface area contributed by atoms with Gasteiger partial charge < -0.3 is 15.1 Å². The summed E-state index contributed by atoms with van der Waals surface area (Å²) in [6.07, 6.45) is 0.103. The summed E-state index contributed by atoms with van der Waals surface area (Å²) in [7, 11) is 0. The van der Waals surface area contributed by atoms with E-state index < -0.39 is 0 Å². The standard InChI is InChI=1S/C21H21N3O3/c1-13-7-4-5-10-18(13)21-24-19(14(2)27-21)12-20(26)23-17-9-6-8-16(11-17)22-15(3)25/h4-11H,12H2,1-3H3,(H,22,25)(H,23,26). The second kappa shape index (κ2) is 7.86. The second-order valence-electron chi connectivity index (χ2n) is 6.32. The van der Waals surface area contributed by atoms with Gasteiger partial charge in [0.1, 0.15) is 5.76 Å². The maximum atomic E-state index is 12.4. The minimum atomic E-state index is -0.206. The van der Waals surface area contributed by atoms with E-state index in [1.54, 1.807) is 31.2 Å². The summed E-state index contributed by atoms with van der Waals surface area (Å²) in [5, 5.41) is 5.51. The van der Waals surface area contributed by atoms with Crippen molar-refractivity contribution in [1.29, 1.82) is 0 Å². The number of carbonyl (C=O) groups excluding carboxylic acids is 2. The summed E-state index contributed by atoms with van der Waals surface area (Å²) < 4.78 is 5.76. The van der Waals surface area contributed by atoms with Crippen LogP contribution in [0.4, 0.5) is 11.4 Å². The highest BCUT2D eigenvalue weighted by Gasteiger charge is 2.16. The lowest BCUT2D eigenvalue weighted by Gasteiger charge is -2.07. The van der Waals surface area contributed by atoms with Crippen LogP contribution in [0.5, 0.6) is 0 Å². The second-order valence-corrected chi connectivity index (χ2v) is 6.32. The molecular formula is C21H21N3O3. The Kier molecular flexibility index (Phi) is 5.35. The first-order valence-electron chi connectivity index (χ1n) is 8.62. The molecule has 27 heavy (non-hydrogen) atoms. The fraction of sp³-hybridized carbons (Fsp3) is 0.190. The van der Waals surface area contributed by atoms with Gasteiger partial charge in [0.25, 0.3) is 0 Å². The molecule has 0 radical (unpaired) electrons. The molecule has 6 heteroatoms. The summed E-state index contributed by atoms with van der Waals surface area (Å²) in [6, 6.07) is 14.8. The molecule has 0 saturated heterocycles. The number of benzene rings is 2. The van der Waals surface area contributed by atoms with Crippen molar-refractivity contribution in [3.8, 4) is 11.5 Å². The molecule has 0 spiro atoms. The molecule has 0 atom stereocenters. The molecule has 3 rings (SSSR count). The van der Waals surface area contributed by atoms with Gasteiger partial charge in [-0.25, -0.2) is 4.98 Å². The number of amides is 2. The Bertz CT molecular complexity index is 992. The Hall–Kier alpha value is -3.41. The Morgan fingerprint density at radius 3 is 2.41 bits per heavy atom. The molecule has 2 amide bonds. The zero-order valence-electron chi connectivity index (χ0n) is 15.5. The Morgan fingerprint density at radius 2 is 1.70 bits per heavy atom. The predicted octanol–water partition coefficient (Wildman–Crippen LogP) is 4.10. The predicted molar refractivity (Wildman–Crippen MR) is 104 cm³/mol. The van der Waals surface area contributed by atoms with Crippen molar-refractivity contribution in [2.45, 2.75) is 27.2 Å². The van der Waals surface area contributed by atoms with Crippen LogP contribution in [0, 0.1) is 13.8 Å².